The largest absolute Gasteiger partial charge is 0.358 e. The highest BCUT2D eigenvalue weighted by molar-refractivity contribution is 5.93. The van der Waals surface area contributed by atoms with Crippen molar-refractivity contribution in [3.8, 4) is 0 Å². The Morgan fingerprint density at radius 3 is 2.89 bits per heavy atom. The minimum absolute atomic E-state index is 0.0623. The van der Waals surface area contributed by atoms with E-state index in [2.05, 4.69) is 5.32 Å². The van der Waals surface area contributed by atoms with Crippen LogP contribution >= 0.6 is 0 Å². The van der Waals surface area contributed by atoms with Crippen molar-refractivity contribution in [2.75, 3.05) is 20.1 Å². The number of rotatable bonds is 4. The summed E-state index contributed by atoms with van der Waals surface area (Å²) in [6.45, 7) is 1.46. The number of amides is 1. The van der Waals surface area contributed by atoms with E-state index in [0.29, 0.717) is 12.2 Å². The van der Waals surface area contributed by atoms with Crippen LogP contribution < -0.4 is 5.32 Å². The van der Waals surface area contributed by atoms with Crippen LogP contribution in [0.1, 0.15) is 23.3 Å². The highest BCUT2D eigenvalue weighted by atomic mass is 16.6. The van der Waals surface area contributed by atoms with Gasteiger partial charge >= 0.3 is 5.82 Å². The van der Waals surface area contributed by atoms with Gasteiger partial charge in [0.15, 0.2) is 5.69 Å². The molecule has 1 aromatic heterocycles. The third kappa shape index (κ3) is 2.46. The minimum Gasteiger partial charge on any atom is -0.358 e. The fourth-order valence-electron chi connectivity index (χ4n) is 2.60. The first kappa shape index (κ1) is 13.5. The minimum atomic E-state index is -0.480. The number of carbonyl (C=O) groups is 1. The van der Waals surface area contributed by atoms with Crippen molar-refractivity contribution < 1.29 is 9.72 Å². The van der Waals surface area contributed by atoms with Gasteiger partial charge in [0.05, 0.1) is 7.05 Å². The van der Waals surface area contributed by atoms with Crippen molar-refractivity contribution >= 4 is 11.7 Å². The molecule has 1 aliphatic rings. The van der Waals surface area contributed by atoms with Gasteiger partial charge in [0.25, 0.3) is 5.91 Å². The molecule has 1 aliphatic heterocycles. The smallest absolute Gasteiger partial charge is 0.323 e. The van der Waals surface area contributed by atoms with Gasteiger partial charge in [-0.15, -0.1) is 0 Å². The fraction of sp³-hybridized carbons (Fsp3) is 0.583. The maximum absolute atomic E-state index is 12.4. The van der Waals surface area contributed by atoms with Crippen LogP contribution in [0.4, 0.5) is 5.82 Å². The van der Waals surface area contributed by atoms with Crippen molar-refractivity contribution in [1.29, 1.82) is 0 Å². The molecule has 0 aliphatic carbocycles. The molecule has 104 valence electrons. The van der Waals surface area contributed by atoms with E-state index < -0.39 is 4.92 Å². The van der Waals surface area contributed by atoms with Gasteiger partial charge in [-0.05, 0) is 30.9 Å². The molecule has 2 heterocycles. The third-order valence-corrected chi connectivity index (χ3v) is 3.58. The molecule has 1 aromatic rings. The Morgan fingerprint density at radius 2 is 2.32 bits per heavy atom. The maximum atomic E-state index is 12.4. The van der Waals surface area contributed by atoms with Crippen LogP contribution in [0.25, 0.3) is 0 Å². The lowest BCUT2D eigenvalue weighted by Crippen LogP contribution is -2.41. The van der Waals surface area contributed by atoms with Gasteiger partial charge in [-0.3, -0.25) is 4.79 Å². The average Bonchev–Trinajstić information content (AvgIpc) is 2.95. The third-order valence-electron chi connectivity index (χ3n) is 3.58. The van der Waals surface area contributed by atoms with E-state index in [0.717, 1.165) is 19.4 Å². The molecule has 1 fully saturated rings. The second-order valence-corrected chi connectivity index (χ2v) is 4.75. The number of aromatic nitrogens is 1. The van der Waals surface area contributed by atoms with Crippen LogP contribution in [-0.2, 0) is 7.05 Å². The lowest BCUT2D eigenvalue weighted by molar-refractivity contribution is -0.391. The number of hydrogen-bond donors (Lipinski definition) is 1. The summed E-state index contributed by atoms with van der Waals surface area (Å²) in [5.74, 6) is -0.193. The van der Waals surface area contributed by atoms with Gasteiger partial charge in [-0.1, -0.05) is 0 Å². The number of likely N-dealkylation sites (N-methyl/N-ethyl adjacent to an activating group) is 1. The van der Waals surface area contributed by atoms with Gasteiger partial charge in [-0.2, -0.15) is 0 Å². The Morgan fingerprint density at radius 1 is 1.58 bits per heavy atom. The molecule has 0 aromatic carbocycles. The monoisotopic (exact) mass is 266 g/mol. The first-order chi connectivity index (χ1) is 9.06. The van der Waals surface area contributed by atoms with Crippen molar-refractivity contribution in [3.63, 3.8) is 0 Å². The number of carbonyl (C=O) groups excluding carboxylic acids is 1. The molecular weight excluding hydrogens is 248 g/mol. The fourth-order valence-corrected chi connectivity index (χ4v) is 2.60. The second kappa shape index (κ2) is 5.40. The molecule has 1 N–H and O–H groups in total. The van der Waals surface area contributed by atoms with Crippen LogP contribution in [0.5, 0.6) is 0 Å². The molecule has 0 saturated carbocycles. The van der Waals surface area contributed by atoms with E-state index >= 15 is 0 Å². The van der Waals surface area contributed by atoms with Crippen molar-refractivity contribution in [3.05, 3.63) is 27.9 Å². The Labute approximate surface area is 111 Å². The molecule has 0 spiro atoms. The number of nitro groups is 1. The molecular formula is C12H18N4O3. The Kier molecular flexibility index (Phi) is 3.84. The summed E-state index contributed by atoms with van der Waals surface area (Å²) in [7, 11) is 3.41. The molecule has 0 radical (unpaired) electrons. The van der Waals surface area contributed by atoms with E-state index in [4.69, 9.17) is 0 Å². The van der Waals surface area contributed by atoms with Gasteiger partial charge in [-0.25, -0.2) is 4.57 Å². The standard InChI is InChI=1S/C12H18N4O3/c1-13-8-9-4-3-7-15(9)12(17)10-5-6-11(14(10)2)16(18)19/h5-6,9,13H,3-4,7-8H2,1-2H3. The van der Waals surface area contributed by atoms with Crippen LogP contribution in [0, 0.1) is 10.1 Å². The molecule has 0 bridgehead atoms. The number of nitrogens with one attached hydrogen (secondary N) is 1. The molecule has 1 atom stereocenters. The summed E-state index contributed by atoms with van der Waals surface area (Å²) in [6.07, 6.45) is 1.95. The maximum Gasteiger partial charge on any atom is 0.323 e. The first-order valence-corrected chi connectivity index (χ1v) is 6.32. The predicted octanol–water partition coefficient (Wildman–Crippen LogP) is 0.757. The topological polar surface area (TPSA) is 80.4 Å². The van der Waals surface area contributed by atoms with E-state index in [9.17, 15) is 14.9 Å². The zero-order valence-electron chi connectivity index (χ0n) is 11.1. The first-order valence-electron chi connectivity index (χ1n) is 6.32. The van der Waals surface area contributed by atoms with Crippen molar-refractivity contribution in [1.82, 2.24) is 14.8 Å². The molecule has 19 heavy (non-hydrogen) atoms. The summed E-state index contributed by atoms with van der Waals surface area (Å²) in [5.41, 5.74) is 0.370. The average molecular weight is 266 g/mol. The normalized spacial score (nSPS) is 18.8. The molecule has 7 heteroatoms. The molecule has 7 nitrogen and oxygen atoms in total. The van der Waals surface area contributed by atoms with Crippen LogP contribution in [-0.4, -0.2) is 46.5 Å². The lowest BCUT2D eigenvalue weighted by atomic mass is 10.2. The van der Waals surface area contributed by atoms with Gasteiger partial charge in [0.2, 0.25) is 0 Å². The lowest BCUT2D eigenvalue weighted by Gasteiger charge is -2.23. The molecule has 1 unspecified atom stereocenters. The number of likely N-dealkylation sites (tertiary alicyclic amines) is 1. The van der Waals surface area contributed by atoms with Crippen molar-refractivity contribution in [2.45, 2.75) is 18.9 Å². The Balaban J connectivity index is 2.22. The summed E-state index contributed by atoms with van der Waals surface area (Å²) < 4.78 is 1.34. The highest BCUT2D eigenvalue weighted by Crippen LogP contribution is 2.22. The Hall–Kier alpha value is -1.89. The summed E-state index contributed by atoms with van der Waals surface area (Å²) in [4.78, 5) is 24.6. The van der Waals surface area contributed by atoms with Gasteiger partial charge in [0, 0.05) is 25.2 Å². The molecule has 1 saturated heterocycles. The van der Waals surface area contributed by atoms with E-state index in [1.54, 1.807) is 11.9 Å². The van der Waals surface area contributed by atoms with E-state index in [1.165, 1.54) is 16.7 Å². The quantitative estimate of drug-likeness (QED) is 0.644. The van der Waals surface area contributed by atoms with E-state index in [1.807, 2.05) is 7.05 Å². The number of hydrogen-bond acceptors (Lipinski definition) is 4. The molecule has 2 rings (SSSR count). The molecule has 1 amide bonds. The zero-order chi connectivity index (χ0) is 14.0. The summed E-state index contributed by atoms with van der Waals surface area (Å²) >= 11 is 0. The van der Waals surface area contributed by atoms with Crippen LogP contribution in [0.15, 0.2) is 12.1 Å². The van der Waals surface area contributed by atoms with Gasteiger partial charge in [0.1, 0.15) is 0 Å². The second-order valence-electron chi connectivity index (χ2n) is 4.75. The van der Waals surface area contributed by atoms with Gasteiger partial charge < -0.3 is 20.3 Å². The highest BCUT2D eigenvalue weighted by Gasteiger charge is 2.32. The Bertz CT molecular complexity index is 497. The number of nitrogens with zero attached hydrogens (tertiary/aromatic N) is 3. The van der Waals surface area contributed by atoms with Crippen LogP contribution in [0.2, 0.25) is 0 Å². The summed E-state index contributed by atoms with van der Waals surface area (Å²) in [6, 6.07) is 3.07. The van der Waals surface area contributed by atoms with E-state index in [-0.39, 0.29) is 17.8 Å². The van der Waals surface area contributed by atoms with Crippen molar-refractivity contribution in [2.24, 2.45) is 7.05 Å². The van der Waals surface area contributed by atoms with Crippen LogP contribution in [0.3, 0.4) is 0 Å². The predicted molar refractivity (Wildman–Crippen MR) is 70.1 cm³/mol. The SMILES string of the molecule is CNCC1CCCN1C(=O)c1ccc([N+](=O)[O-])n1C. The zero-order valence-corrected chi connectivity index (χ0v) is 11.1. The summed E-state index contributed by atoms with van der Waals surface area (Å²) in [5, 5.41) is 13.9.